The molecule has 0 atom stereocenters. The van der Waals surface area contributed by atoms with Crippen LogP contribution >= 0.6 is 0 Å². The number of esters is 1. The quantitative estimate of drug-likeness (QED) is 0.324. The Morgan fingerprint density at radius 3 is 2.58 bits per heavy atom. The molecule has 0 unspecified atom stereocenters. The van der Waals surface area contributed by atoms with Gasteiger partial charge in [-0.05, 0) is 52.0 Å². The molecule has 3 aromatic rings. The molecule has 0 saturated carbocycles. The monoisotopic (exact) mass is 419 g/mol. The highest BCUT2D eigenvalue weighted by Crippen LogP contribution is 2.24. The maximum atomic E-state index is 12.6. The molecule has 3 rings (SSSR count). The van der Waals surface area contributed by atoms with Crippen LogP contribution in [-0.2, 0) is 11.3 Å². The molecule has 1 heterocycles. The number of hydrogen-bond acceptors (Lipinski definition) is 5. The topological polar surface area (TPSA) is 64.8 Å². The zero-order chi connectivity index (χ0) is 22.4. The van der Waals surface area contributed by atoms with Crippen molar-refractivity contribution < 1.29 is 14.3 Å². The molecule has 6 heteroatoms. The Bertz CT molecular complexity index is 1080. The molecule has 0 bridgehead atoms. The lowest BCUT2D eigenvalue weighted by Crippen LogP contribution is -2.15. The van der Waals surface area contributed by atoms with Crippen LogP contribution in [-0.4, -0.2) is 30.0 Å². The van der Waals surface area contributed by atoms with Gasteiger partial charge in [-0.2, -0.15) is 5.10 Å². The van der Waals surface area contributed by atoms with E-state index in [1.54, 1.807) is 19.4 Å². The fourth-order valence-corrected chi connectivity index (χ4v) is 3.50. The fraction of sp³-hybridized carbons (Fsp3) is 0.280. The van der Waals surface area contributed by atoms with Crippen LogP contribution in [0, 0.1) is 13.8 Å². The van der Waals surface area contributed by atoms with Crippen molar-refractivity contribution in [2.24, 2.45) is 5.10 Å². The number of ether oxygens (including phenoxy) is 2. The van der Waals surface area contributed by atoms with E-state index >= 15 is 0 Å². The van der Waals surface area contributed by atoms with Gasteiger partial charge in [-0.25, -0.2) is 4.79 Å². The molecule has 31 heavy (non-hydrogen) atoms. The second-order valence-corrected chi connectivity index (χ2v) is 7.54. The third-order valence-corrected chi connectivity index (χ3v) is 4.93. The highest BCUT2D eigenvalue weighted by atomic mass is 16.5. The molecular weight excluding hydrogens is 390 g/mol. The van der Waals surface area contributed by atoms with Gasteiger partial charge in [-0.3, -0.25) is 0 Å². The first-order valence-corrected chi connectivity index (χ1v) is 10.3. The van der Waals surface area contributed by atoms with Crippen LogP contribution < -0.4 is 10.2 Å². The summed E-state index contributed by atoms with van der Waals surface area (Å²) in [6.45, 7) is 8.28. The molecule has 6 nitrogen and oxygen atoms in total. The van der Waals surface area contributed by atoms with E-state index in [4.69, 9.17) is 9.47 Å². The first-order chi connectivity index (χ1) is 14.9. The fourth-order valence-electron chi connectivity index (χ4n) is 3.50. The van der Waals surface area contributed by atoms with E-state index in [2.05, 4.69) is 15.1 Å². The Balaban J connectivity index is 1.82. The molecule has 162 valence electrons. The van der Waals surface area contributed by atoms with Gasteiger partial charge in [0.15, 0.2) is 0 Å². The van der Waals surface area contributed by atoms with E-state index < -0.39 is 0 Å². The number of carbonyl (C=O) groups is 1. The molecule has 0 fully saturated rings. The Labute approximate surface area is 183 Å². The zero-order valence-corrected chi connectivity index (χ0v) is 18.7. The van der Waals surface area contributed by atoms with Gasteiger partial charge < -0.3 is 19.5 Å². The van der Waals surface area contributed by atoms with Crippen LogP contribution in [0.4, 0.5) is 0 Å². The van der Waals surface area contributed by atoms with Crippen molar-refractivity contribution in [2.75, 3.05) is 7.11 Å². The second-order valence-electron chi connectivity index (χ2n) is 7.54. The molecule has 0 aliphatic carbocycles. The third kappa shape index (κ3) is 5.15. The van der Waals surface area contributed by atoms with Gasteiger partial charge in [0, 0.05) is 22.5 Å². The molecule has 2 aromatic carbocycles. The molecule has 0 radical (unpaired) electrons. The van der Waals surface area contributed by atoms with Crippen molar-refractivity contribution in [3.05, 3.63) is 82.7 Å². The van der Waals surface area contributed by atoms with Crippen LogP contribution in [0.1, 0.15) is 46.7 Å². The predicted molar refractivity (Wildman–Crippen MR) is 123 cm³/mol. The summed E-state index contributed by atoms with van der Waals surface area (Å²) in [4.78, 5) is 12.6. The maximum absolute atomic E-state index is 12.6. The van der Waals surface area contributed by atoms with E-state index in [9.17, 15) is 4.79 Å². The average Bonchev–Trinajstić information content (AvgIpc) is 3.04. The molecular formula is C25H29N3O3. The van der Waals surface area contributed by atoms with E-state index in [-0.39, 0.29) is 12.1 Å². The molecule has 0 aliphatic rings. The predicted octanol–water partition coefficient (Wildman–Crippen LogP) is 4.79. The minimum Gasteiger partial charge on any atom is -0.496 e. The van der Waals surface area contributed by atoms with Gasteiger partial charge in [0.05, 0.1) is 37.2 Å². The van der Waals surface area contributed by atoms with Crippen molar-refractivity contribution in [3.8, 4) is 11.4 Å². The third-order valence-electron chi connectivity index (χ3n) is 4.93. The number of rotatable bonds is 8. The van der Waals surface area contributed by atoms with Gasteiger partial charge in [-0.15, -0.1) is 0 Å². The first-order valence-electron chi connectivity index (χ1n) is 10.3. The highest BCUT2D eigenvalue weighted by Gasteiger charge is 2.18. The molecule has 1 aromatic heterocycles. The summed E-state index contributed by atoms with van der Waals surface area (Å²) >= 11 is 0. The normalized spacial score (nSPS) is 11.2. The summed E-state index contributed by atoms with van der Waals surface area (Å²) in [6, 6.07) is 17.4. The van der Waals surface area contributed by atoms with E-state index in [1.165, 1.54) is 0 Å². The van der Waals surface area contributed by atoms with Gasteiger partial charge in [0.25, 0.3) is 0 Å². The Morgan fingerprint density at radius 1 is 1.13 bits per heavy atom. The highest BCUT2D eigenvalue weighted by molar-refractivity contribution is 5.94. The van der Waals surface area contributed by atoms with Crippen LogP contribution in [0.15, 0.2) is 59.7 Å². The van der Waals surface area contributed by atoms with Crippen LogP contribution in [0.25, 0.3) is 5.69 Å². The molecule has 0 spiro atoms. The van der Waals surface area contributed by atoms with Gasteiger partial charge in [-0.1, -0.05) is 30.3 Å². The summed E-state index contributed by atoms with van der Waals surface area (Å²) in [6.07, 6.45) is 1.62. The lowest BCUT2D eigenvalue weighted by molar-refractivity contribution is 0.0378. The van der Waals surface area contributed by atoms with Gasteiger partial charge >= 0.3 is 5.97 Å². The van der Waals surface area contributed by atoms with Crippen LogP contribution in [0.3, 0.4) is 0 Å². The van der Waals surface area contributed by atoms with E-state index in [0.717, 1.165) is 34.0 Å². The van der Waals surface area contributed by atoms with Crippen molar-refractivity contribution in [1.82, 2.24) is 9.99 Å². The van der Waals surface area contributed by atoms with Crippen molar-refractivity contribution in [1.29, 1.82) is 0 Å². The molecule has 1 N–H and O–H groups in total. The zero-order valence-electron chi connectivity index (χ0n) is 18.7. The summed E-state index contributed by atoms with van der Waals surface area (Å²) < 4.78 is 12.8. The summed E-state index contributed by atoms with van der Waals surface area (Å²) in [5.41, 5.74) is 8.41. The minimum atomic E-state index is -0.327. The summed E-state index contributed by atoms with van der Waals surface area (Å²) in [5.74, 6) is 0.500. The number of nitrogens with one attached hydrogen (secondary N) is 1. The smallest absolute Gasteiger partial charge is 0.340 e. The number of aryl methyl sites for hydroxylation is 1. The van der Waals surface area contributed by atoms with Crippen LogP contribution in [0.2, 0.25) is 0 Å². The average molecular weight is 420 g/mol. The Morgan fingerprint density at radius 2 is 1.84 bits per heavy atom. The van der Waals surface area contributed by atoms with Crippen LogP contribution in [0.5, 0.6) is 5.75 Å². The number of hydrazone groups is 1. The van der Waals surface area contributed by atoms with Crippen molar-refractivity contribution >= 4 is 12.2 Å². The number of nitrogens with zero attached hydrogens (tertiary/aromatic N) is 2. The SMILES string of the molecule is COc1ccccc1CN/N=C\c1cc(C)n(-c2ccccc2C(=O)OC(C)C)c1C. The standard InChI is InChI=1S/C25H29N3O3/c1-17(2)31-25(29)22-11-7-8-12-23(22)28-18(3)14-21(19(28)4)16-27-26-15-20-10-6-9-13-24(20)30-5/h6-14,16-17,26H,15H2,1-5H3/b27-16-. The number of methoxy groups -OCH3 is 1. The number of benzene rings is 2. The lowest BCUT2D eigenvalue weighted by atomic mass is 10.1. The first kappa shape index (κ1) is 22.2. The van der Waals surface area contributed by atoms with Gasteiger partial charge in [0.2, 0.25) is 0 Å². The maximum Gasteiger partial charge on any atom is 0.340 e. The second kappa shape index (κ2) is 9.98. The largest absolute Gasteiger partial charge is 0.496 e. The number of hydrogen-bond donors (Lipinski definition) is 1. The van der Waals surface area contributed by atoms with Gasteiger partial charge in [0.1, 0.15) is 5.75 Å². The molecule has 0 amide bonds. The van der Waals surface area contributed by atoms with E-state index in [1.807, 2.05) is 76.2 Å². The Kier molecular flexibility index (Phi) is 7.13. The van der Waals surface area contributed by atoms with Crippen molar-refractivity contribution in [2.45, 2.75) is 40.3 Å². The summed E-state index contributed by atoms with van der Waals surface area (Å²) in [5, 5.41) is 4.38. The molecule has 0 saturated heterocycles. The van der Waals surface area contributed by atoms with Crippen molar-refractivity contribution in [3.63, 3.8) is 0 Å². The molecule has 0 aliphatic heterocycles. The lowest BCUT2D eigenvalue weighted by Gasteiger charge is -2.15. The number of carbonyl (C=O) groups excluding carboxylic acids is 1. The minimum absolute atomic E-state index is 0.176. The summed E-state index contributed by atoms with van der Waals surface area (Å²) in [7, 11) is 1.66. The number of para-hydroxylation sites is 2. The van der Waals surface area contributed by atoms with E-state index in [0.29, 0.717) is 12.1 Å². The number of aromatic nitrogens is 1. The Hall–Kier alpha value is -3.54.